The summed E-state index contributed by atoms with van der Waals surface area (Å²) in [6.45, 7) is 6.82. The standard InChI is InChI=1S/C27H33FN4O5S/c1-5-37-26(33)24-23(30(4)27(34)29-25(24)20-7-6-8-21(28)15-20)17-31-13-14-32(19(3)16-31)38(35,36)22-11-9-18(2)10-12-22/h6-12,15,19,25H,5,13-14,16-17H2,1-4H3,(H,29,34)/t19-,25+/m1/s1. The van der Waals surface area contributed by atoms with Gasteiger partial charge >= 0.3 is 12.0 Å². The molecular weight excluding hydrogens is 511 g/mol. The molecule has 0 spiro atoms. The Kier molecular flexibility index (Phi) is 8.19. The van der Waals surface area contributed by atoms with E-state index in [9.17, 15) is 22.4 Å². The minimum atomic E-state index is -3.67. The fraction of sp³-hybridized carbons (Fsp3) is 0.407. The highest BCUT2D eigenvalue weighted by Crippen LogP contribution is 2.32. The van der Waals surface area contributed by atoms with Crippen molar-refractivity contribution < 1.29 is 27.1 Å². The predicted molar refractivity (Wildman–Crippen MR) is 140 cm³/mol. The van der Waals surface area contributed by atoms with E-state index >= 15 is 0 Å². The normalized spacial score (nSPS) is 21.4. The summed E-state index contributed by atoms with van der Waals surface area (Å²) >= 11 is 0. The topological polar surface area (TPSA) is 99.3 Å². The van der Waals surface area contributed by atoms with E-state index in [1.165, 1.54) is 27.4 Å². The summed E-state index contributed by atoms with van der Waals surface area (Å²) in [5.41, 5.74) is 2.06. The molecule has 2 atom stereocenters. The van der Waals surface area contributed by atoms with E-state index in [0.717, 1.165) is 5.56 Å². The minimum Gasteiger partial charge on any atom is -0.463 e. The molecule has 2 aliphatic rings. The summed E-state index contributed by atoms with van der Waals surface area (Å²) in [6.07, 6.45) is 0. The molecule has 1 N–H and O–H groups in total. The Morgan fingerprint density at radius 2 is 1.87 bits per heavy atom. The number of hydrogen-bond acceptors (Lipinski definition) is 6. The summed E-state index contributed by atoms with van der Waals surface area (Å²) in [5, 5.41) is 2.78. The van der Waals surface area contributed by atoms with E-state index in [1.807, 2.05) is 18.7 Å². The molecule has 38 heavy (non-hydrogen) atoms. The maximum absolute atomic E-state index is 14.0. The zero-order valence-corrected chi connectivity index (χ0v) is 22.8. The number of carbonyl (C=O) groups excluding carboxylic acids is 2. The van der Waals surface area contributed by atoms with Gasteiger partial charge in [-0.3, -0.25) is 9.80 Å². The zero-order chi connectivity index (χ0) is 27.6. The van der Waals surface area contributed by atoms with Crippen molar-refractivity contribution in [3.8, 4) is 0 Å². The SMILES string of the molecule is CCOC(=O)C1=C(CN2CCN(S(=O)(=O)c3ccc(C)cc3)[C@H](C)C2)N(C)C(=O)N[C@H]1c1cccc(F)c1. The van der Waals surface area contributed by atoms with Crippen molar-refractivity contribution >= 4 is 22.0 Å². The molecule has 2 aromatic rings. The third kappa shape index (κ3) is 5.59. The smallest absolute Gasteiger partial charge is 0.338 e. The lowest BCUT2D eigenvalue weighted by molar-refractivity contribution is -0.139. The average Bonchev–Trinajstić information content (AvgIpc) is 2.87. The number of piperazine rings is 1. The van der Waals surface area contributed by atoms with Crippen molar-refractivity contribution in [3.05, 3.63) is 76.7 Å². The minimum absolute atomic E-state index is 0.135. The summed E-state index contributed by atoms with van der Waals surface area (Å²) in [5.74, 6) is -1.09. The van der Waals surface area contributed by atoms with Gasteiger partial charge in [-0.05, 0) is 50.6 Å². The maximum atomic E-state index is 14.0. The number of ether oxygens (including phenoxy) is 1. The second kappa shape index (κ2) is 11.2. The van der Waals surface area contributed by atoms with E-state index in [4.69, 9.17) is 4.74 Å². The number of aryl methyl sites for hydroxylation is 1. The number of benzene rings is 2. The summed E-state index contributed by atoms with van der Waals surface area (Å²) in [7, 11) is -2.11. The summed E-state index contributed by atoms with van der Waals surface area (Å²) in [6, 6.07) is 10.9. The molecule has 204 valence electrons. The largest absolute Gasteiger partial charge is 0.463 e. The highest BCUT2D eigenvalue weighted by molar-refractivity contribution is 7.89. The molecule has 2 aromatic carbocycles. The molecular formula is C27H33FN4O5S. The molecule has 0 aliphatic carbocycles. The number of likely N-dealkylation sites (N-methyl/N-ethyl adjacent to an activating group) is 1. The van der Waals surface area contributed by atoms with Gasteiger partial charge in [0.05, 0.1) is 23.1 Å². The number of halogens is 1. The summed E-state index contributed by atoms with van der Waals surface area (Å²) in [4.78, 5) is 29.7. The molecule has 2 amide bonds. The van der Waals surface area contributed by atoms with E-state index in [2.05, 4.69) is 5.32 Å². The number of nitrogens with zero attached hydrogens (tertiary/aromatic N) is 3. The van der Waals surface area contributed by atoms with Gasteiger partial charge in [0.1, 0.15) is 5.82 Å². The number of amides is 2. The van der Waals surface area contributed by atoms with Crippen molar-refractivity contribution in [1.82, 2.24) is 19.4 Å². The number of hydrogen-bond donors (Lipinski definition) is 1. The summed E-state index contributed by atoms with van der Waals surface area (Å²) < 4.78 is 47.4. The zero-order valence-electron chi connectivity index (χ0n) is 22.0. The van der Waals surface area contributed by atoms with Crippen molar-refractivity contribution in [2.75, 3.05) is 39.8 Å². The van der Waals surface area contributed by atoms with Crippen molar-refractivity contribution in [1.29, 1.82) is 0 Å². The first-order chi connectivity index (χ1) is 18.0. The quantitative estimate of drug-likeness (QED) is 0.538. The maximum Gasteiger partial charge on any atom is 0.338 e. The number of sulfonamides is 1. The molecule has 9 nitrogen and oxygen atoms in total. The Morgan fingerprint density at radius 1 is 1.16 bits per heavy atom. The van der Waals surface area contributed by atoms with Crippen LogP contribution < -0.4 is 5.32 Å². The molecule has 2 heterocycles. The molecule has 0 radical (unpaired) electrons. The second-order valence-electron chi connectivity index (χ2n) is 9.59. The Morgan fingerprint density at radius 3 is 2.50 bits per heavy atom. The van der Waals surface area contributed by atoms with Crippen LogP contribution in [0.2, 0.25) is 0 Å². The molecule has 0 unspecified atom stereocenters. The van der Waals surface area contributed by atoms with Crippen LogP contribution in [-0.4, -0.2) is 80.4 Å². The lowest BCUT2D eigenvalue weighted by atomic mass is 9.94. The van der Waals surface area contributed by atoms with E-state index in [0.29, 0.717) is 24.4 Å². The van der Waals surface area contributed by atoms with Crippen molar-refractivity contribution in [2.24, 2.45) is 0 Å². The molecule has 2 aliphatic heterocycles. The molecule has 1 fully saturated rings. The van der Waals surface area contributed by atoms with Crippen LogP contribution in [0.3, 0.4) is 0 Å². The van der Waals surface area contributed by atoms with Gasteiger partial charge in [0.15, 0.2) is 0 Å². The van der Waals surface area contributed by atoms with Crippen molar-refractivity contribution in [3.63, 3.8) is 0 Å². The second-order valence-corrected chi connectivity index (χ2v) is 11.5. The molecule has 0 bridgehead atoms. The molecule has 4 rings (SSSR count). The van der Waals surface area contributed by atoms with Crippen LogP contribution in [0.25, 0.3) is 0 Å². The highest BCUT2D eigenvalue weighted by Gasteiger charge is 2.39. The van der Waals surface area contributed by atoms with Gasteiger partial charge in [-0.1, -0.05) is 29.8 Å². The third-order valence-electron chi connectivity index (χ3n) is 6.91. The molecule has 11 heteroatoms. The fourth-order valence-corrected chi connectivity index (χ4v) is 6.52. The van der Waals surface area contributed by atoms with Crippen LogP contribution in [0, 0.1) is 12.7 Å². The lowest BCUT2D eigenvalue weighted by Gasteiger charge is -2.41. The van der Waals surface area contributed by atoms with E-state index in [1.54, 1.807) is 44.3 Å². The van der Waals surface area contributed by atoms with Crippen LogP contribution in [0.1, 0.15) is 31.0 Å². The van der Waals surface area contributed by atoms with Crippen LogP contribution in [0.15, 0.2) is 64.7 Å². The highest BCUT2D eigenvalue weighted by atomic mass is 32.2. The Balaban J connectivity index is 1.62. The Hall–Kier alpha value is -3.28. The van der Waals surface area contributed by atoms with E-state index < -0.39 is 33.9 Å². The van der Waals surface area contributed by atoms with Gasteiger partial charge in [0.2, 0.25) is 10.0 Å². The average molecular weight is 545 g/mol. The number of rotatable bonds is 7. The third-order valence-corrected chi connectivity index (χ3v) is 8.93. The van der Waals surface area contributed by atoms with Crippen LogP contribution in [-0.2, 0) is 19.6 Å². The first kappa shape index (κ1) is 27.7. The monoisotopic (exact) mass is 544 g/mol. The molecule has 0 saturated carbocycles. The van der Waals surface area contributed by atoms with Gasteiger partial charge in [-0.25, -0.2) is 22.4 Å². The number of esters is 1. The molecule has 0 aromatic heterocycles. The van der Waals surface area contributed by atoms with Gasteiger partial charge in [-0.2, -0.15) is 4.31 Å². The predicted octanol–water partition coefficient (Wildman–Crippen LogP) is 3.04. The Labute approximate surface area is 222 Å². The van der Waals surface area contributed by atoms with Gasteiger partial charge in [0, 0.05) is 45.0 Å². The van der Waals surface area contributed by atoms with Crippen LogP contribution in [0.5, 0.6) is 0 Å². The van der Waals surface area contributed by atoms with Gasteiger partial charge in [0.25, 0.3) is 0 Å². The Bertz CT molecular complexity index is 1350. The van der Waals surface area contributed by atoms with Gasteiger partial charge < -0.3 is 10.1 Å². The number of urea groups is 1. The van der Waals surface area contributed by atoms with Crippen LogP contribution in [0.4, 0.5) is 9.18 Å². The van der Waals surface area contributed by atoms with Gasteiger partial charge in [-0.15, -0.1) is 0 Å². The lowest BCUT2D eigenvalue weighted by Crippen LogP contribution is -2.56. The fourth-order valence-electron chi connectivity index (χ4n) is 4.91. The van der Waals surface area contributed by atoms with Crippen LogP contribution >= 0.6 is 0 Å². The first-order valence-electron chi connectivity index (χ1n) is 12.5. The number of nitrogens with one attached hydrogen (secondary N) is 1. The van der Waals surface area contributed by atoms with E-state index in [-0.39, 0.29) is 36.2 Å². The number of carbonyl (C=O) groups is 2. The molecule has 1 saturated heterocycles. The first-order valence-corrected chi connectivity index (χ1v) is 14.0. The van der Waals surface area contributed by atoms with Crippen molar-refractivity contribution in [2.45, 2.75) is 37.8 Å².